The van der Waals surface area contributed by atoms with Crippen LogP contribution in [0, 0.1) is 0 Å². The van der Waals surface area contributed by atoms with E-state index in [0.717, 1.165) is 58.4 Å². The summed E-state index contributed by atoms with van der Waals surface area (Å²) in [5.74, 6) is -0.762. The number of hydrogen-bond donors (Lipinski definition) is 5. The smallest absolute Gasteiger partial charge is 0.354 e. The molecule has 0 aromatic carbocycles. The van der Waals surface area contributed by atoms with Gasteiger partial charge in [0.25, 0.3) is 0 Å². The molecule has 0 saturated carbocycles. The fourth-order valence-electron chi connectivity index (χ4n) is 7.08. The third-order valence-corrected chi connectivity index (χ3v) is 10.3. The van der Waals surface area contributed by atoms with E-state index < -0.39 is 11.9 Å². The number of esters is 2. The molecule has 5 aromatic rings. The number of carbonyl (C=O) groups is 2. The molecule has 0 amide bonds. The van der Waals surface area contributed by atoms with Gasteiger partial charge in [-0.3, -0.25) is 0 Å². The molecule has 0 saturated heterocycles. The minimum absolute atomic E-state index is 0.108. The minimum atomic E-state index is -0.489. The van der Waals surface area contributed by atoms with E-state index in [1.165, 1.54) is 0 Å². The first-order chi connectivity index (χ1) is 21.7. The van der Waals surface area contributed by atoms with Crippen LogP contribution in [-0.4, -0.2) is 50.1 Å². The molecule has 8 heterocycles. The molecule has 5 aromatic heterocycles. The van der Waals surface area contributed by atoms with Crippen LogP contribution in [-0.2, 0) is 20.3 Å². The van der Waals surface area contributed by atoms with Crippen molar-refractivity contribution in [1.29, 1.82) is 0 Å². The molecule has 0 spiro atoms. The number of aromatic nitrogens is 5. The molecule has 3 aliphatic rings. The van der Waals surface area contributed by atoms with Gasteiger partial charge in [0.05, 0.1) is 13.2 Å². The standard InChI is InChI=1S/C36H41N5O4/c1-21-23-9-13-29(38-23)35(3)17-5-19-44-33(42)27-7-8-28(37-27)34(43)45-20-6-18-36(4,30-14-10-24(21)39-30)32-16-12-26(41-32)22(2)25-11-15-31(35)40-25/h7-16,21-22,37-41H,5-6,17-20H2,1-4H3. The summed E-state index contributed by atoms with van der Waals surface area (Å²) in [5, 5.41) is 0. The van der Waals surface area contributed by atoms with Crippen molar-refractivity contribution in [3.05, 3.63) is 118 Å². The molecule has 0 aliphatic carbocycles. The first-order valence-corrected chi connectivity index (χ1v) is 16.0. The lowest BCUT2D eigenvalue weighted by Gasteiger charge is -2.29. The maximum Gasteiger partial charge on any atom is 0.354 e. The van der Waals surface area contributed by atoms with Gasteiger partial charge in [-0.2, -0.15) is 0 Å². The van der Waals surface area contributed by atoms with Gasteiger partial charge < -0.3 is 34.4 Å². The summed E-state index contributed by atoms with van der Waals surface area (Å²) in [6.07, 6.45) is 2.76. The highest BCUT2D eigenvalue weighted by atomic mass is 16.5. The fourth-order valence-corrected chi connectivity index (χ4v) is 7.08. The van der Waals surface area contributed by atoms with Crippen molar-refractivity contribution in [3.8, 4) is 0 Å². The number of ether oxygens (including phenoxy) is 2. The number of hydrogen-bond acceptors (Lipinski definition) is 4. The number of carbonyl (C=O) groups excluding carboxylic acids is 2. The number of fused-ring (bicyclic) bond motifs is 8. The maximum atomic E-state index is 12.8. The molecule has 9 nitrogen and oxygen atoms in total. The van der Waals surface area contributed by atoms with Gasteiger partial charge in [0.2, 0.25) is 0 Å². The minimum Gasteiger partial charge on any atom is -0.461 e. The topological polar surface area (TPSA) is 132 Å². The molecule has 5 N–H and O–H groups in total. The van der Waals surface area contributed by atoms with Gasteiger partial charge in [0.1, 0.15) is 11.4 Å². The molecule has 234 valence electrons. The highest BCUT2D eigenvalue weighted by molar-refractivity contribution is 5.92. The summed E-state index contributed by atoms with van der Waals surface area (Å²) in [4.78, 5) is 43.7. The number of rotatable bonds is 0. The Kier molecular flexibility index (Phi) is 7.14. The molecular weight excluding hydrogens is 566 g/mol. The molecule has 45 heavy (non-hydrogen) atoms. The molecule has 0 unspecified atom stereocenters. The Morgan fingerprint density at radius 2 is 0.867 bits per heavy atom. The molecule has 0 radical (unpaired) electrons. The van der Waals surface area contributed by atoms with Gasteiger partial charge in [0.15, 0.2) is 0 Å². The number of aromatic amines is 5. The van der Waals surface area contributed by atoms with Crippen molar-refractivity contribution >= 4 is 11.9 Å². The SMILES string of the molecule is CC1c2ccc([nH]2)C2(C)CCCOC(=O)c3ccc([nH]3)C(=O)OCCCC(C)(c3ccc1[nH]3)c1ccc([nH]1)C(C)c1ccc2[nH]1. The van der Waals surface area contributed by atoms with Crippen LogP contribution < -0.4 is 0 Å². The Balaban J connectivity index is 1.36. The van der Waals surface area contributed by atoms with Gasteiger partial charge >= 0.3 is 11.9 Å². The van der Waals surface area contributed by atoms with Crippen molar-refractivity contribution in [1.82, 2.24) is 24.9 Å². The van der Waals surface area contributed by atoms with Crippen LogP contribution in [0.2, 0.25) is 0 Å². The Hall–Kier alpha value is -4.66. The summed E-state index contributed by atoms with van der Waals surface area (Å²) in [5.41, 5.74) is 8.64. The van der Waals surface area contributed by atoms with Gasteiger partial charge in [-0.15, -0.1) is 0 Å². The zero-order valence-electron chi connectivity index (χ0n) is 26.3. The van der Waals surface area contributed by atoms with Crippen molar-refractivity contribution in [2.24, 2.45) is 0 Å². The largest absolute Gasteiger partial charge is 0.461 e. The normalized spacial score (nSPS) is 25.9. The second-order valence-corrected chi connectivity index (χ2v) is 13.2. The van der Waals surface area contributed by atoms with Gasteiger partial charge in [-0.25, -0.2) is 9.59 Å². The average Bonchev–Trinajstić information content (AvgIpc) is 3.87. The van der Waals surface area contributed by atoms with Crippen LogP contribution in [0.3, 0.4) is 0 Å². The van der Waals surface area contributed by atoms with Crippen LogP contribution in [0.4, 0.5) is 0 Å². The molecule has 8 rings (SSSR count). The third-order valence-electron chi connectivity index (χ3n) is 10.3. The Labute approximate surface area is 262 Å². The predicted octanol–water partition coefficient (Wildman–Crippen LogP) is 7.14. The van der Waals surface area contributed by atoms with Crippen LogP contribution in [0.1, 0.15) is 132 Å². The van der Waals surface area contributed by atoms with Crippen molar-refractivity contribution in [3.63, 3.8) is 0 Å². The van der Waals surface area contributed by atoms with Gasteiger partial charge in [-0.1, -0.05) is 13.8 Å². The second-order valence-electron chi connectivity index (χ2n) is 13.2. The molecule has 9 heteroatoms. The monoisotopic (exact) mass is 607 g/mol. The third kappa shape index (κ3) is 5.04. The van der Waals surface area contributed by atoms with Crippen LogP contribution >= 0.6 is 0 Å². The summed E-state index contributed by atoms with van der Waals surface area (Å²) in [6.45, 7) is 9.41. The average molecular weight is 608 g/mol. The zero-order chi connectivity index (χ0) is 31.3. The Bertz CT molecular complexity index is 1630. The predicted molar refractivity (Wildman–Crippen MR) is 171 cm³/mol. The van der Waals surface area contributed by atoms with E-state index >= 15 is 0 Å². The Morgan fingerprint density at radius 1 is 0.533 bits per heavy atom. The van der Waals surface area contributed by atoms with Gasteiger partial charge in [0, 0.05) is 68.2 Å². The summed E-state index contributed by atoms with van der Waals surface area (Å²) < 4.78 is 11.3. The molecule has 0 fully saturated rings. The van der Waals surface area contributed by atoms with Crippen LogP contribution in [0.25, 0.3) is 0 Å². The summed E-state index contributed by atoms with van der Waals surface area (Å²) in [7, 11) is 0. The zero-order valence-corrected chi connectivity index (χ0v) is 26.3. The first-order valence-electron chi connectivity index (χ1n) is 16.0. The van der Waals surface area contributed by atoms with Crippen molar-refractivity contribution in [2.75, 3.05) is 13.2 Å². The van der Waals surface area contributed by atoms with Crippen molar-refractivity contribution < 1.29 is 19.1 Å². The van der Waals surface area contributed by atoms with E-state index in [1.54, 1.807) is 12.1 Å². The van der Waals surface area contributed by atoms with Gasteiger partial charge in [-0.05, 0) is 100 Å². The molecule has 12 bridgehead atoms. The van der Waals surface area contributed by atoms with E-state index in [1.807, 2.05) is 0 Å². The fraction of sp³-hybridized carbons (Fsp3) is 0.389. The highest BCUT2D eigenvalue weighted by Crippen LogP contribution is 2.41. The quantitative estimate of drug-likeness (QED) is 0.120. The summed E-state index contributed by atoms with van der Waals surface area (Å²) >= 11 is 0. The highest BCUT2D eigenvalue weighted by Gasteiger charge is 2.35. The number of H-pyrrole nitrogens is 5. The van der Waals surface area contributed by atoms with E-state index in [9.17, 15) is 9.59 Å². The lowest BCUT2D eigenvalue weighted by atomic mass is 9.79. The lowest BCUT2D eigenvalue weighted by Crippen LogP contribution is -2.26. The first kappa shape index (κ1) is 29.1. The van der Waals surface area contributed by atoms with E-state index in [4.69, 9.17) is 9.47 Å². The van der Waals surface area contributed by atoms with Crippen molar-refractivity contribution in [2.45, 2.75) is 76.0 Å². The van der Waals surface area contributed by atoms with E-state index in [-0.39, 0.29) is 47.3 Å². The van der Waals surface area contributed by atoms with E-state index in [0.29, 0.717) is 12.8 Å². The lowest BCUT2D eigenvalue weighted by molar-refractivity contribution is 0.0482. The molecular formula is C36H41N5O4. The maximum absolute atomic E-state index is 12.8. The molecule has 0 atom stereocenters. The van der Waals surface area contributed by atoms with E-state index in [2.05, 4.69) is 101 Å². The van der Waals surface area contributed by atoms with Crippen LogP contribution in [0.5, 0.6) is 0 Å². The van der Waals surface area contributed by atoms with Crippen LogP contribution in [0.15, 0.2) is 60.7 Å². The summed E-state index contributed by atoms with van der Waals surface area (Å²) in [6, 6.07) is 20.7. The second kappa shape index (κ2) is 11.1. The molecule has 3 aliphatic heterocycles. The number of nitrogens with one attached hydrogen (secondary N) is 5. The Morgan fingerprint density at radius 3 is 1.20 bits per heavy atom.